The second-order valence-corrected chi connectivity index (χ2v) is 41.6. The molecule has 6 aliphatic carbocycles. The topological polar surface area (TPSA) is 93.8 Å². The van der Waals surface area contributed by atoms with Crippen molar-refractivity contribution < 1.29 is 18.0 Å². The molecule has 21 aromatic rings. The highest BCUT2D eigenvalue weighted by molar-refractivity contribution is 6.24. The number of furan rings is 3. The van der Waals surface area contributed by atoms with E-state index < -0.39 is 21.7 Å². The number of benzene rings is 16. The summed E-state index contributed by atoms with van der Waals surface area (Å²) in [5, 5.41) is 6.72. The van der Waals surface area contributed by atoms with Gasteiger partial charge in [0.2, 0.25) is 5.95 Å². The Balaban J connectivity index is 0.601. The van der Waals surface area contributed by atoms with Crippen LogP contribution in [0.3, 0.4) is 0 Å². The van der Waals surface area contributed by atoms with Crippen LogP contribution in [0.25, 0.3) is 177 Å². The van der Waals surface area contributed by atoms with Crippen LogP contribution >= 0.6 is 0 Å². The molecule has 642 valence electrons. The molecular formula is C125H93N5O4. The normalized spacial score (nSPS) is 15.7. The van der Waals surface area contributed by atoms with Gasteiger partial charge in [0.1, 0.15) is 45.9 Å². The van der Waals surface area contributed by atoms with Gasteiger partial charge in [-0.25, -0.2) is 9.97 Å². The van der Waals surface area contributed by atoms with Crippen molar-refractivity contribution >= 4 is 100 Å². The average molecular weight is 1730 g/mol. The third-order valence-electron chi connectivity index (χ3n) is 32.3. The summed E-state index contributed by atoms with van der Waals surface area (Å²) >= 11 is 0. The van der Waals surface area contributed by atoms with E-state index in [0.29, 0.717) is 12.6 Å². The molecule has 16 aromatic carbocycles. The van der Waals surface area contributed by atoms with Gasteiger partial charge in [-0.3, -0.25) is 9.88 Å². The molecular weight excluding hydrogens is 1640 g/mol. The minimum Gasteiger partial charge on any atom is -0.488 e. The number of rotatable bonds is 9. The quantitative estimate of drug-likeness (QED) is 0.140. The number of hydrogen-bond donors (Lipinski definition) is 0. The lowest BCUT2D eigenvalue weighted by molar-refractivity contribution is 0.303. The zero-order chi connectivity index (χ0) is 90.2. The van der Waals surface area contributed by atoms with Gasteiger partial charge in [0.05, 0.1) is 11.9 Å². The number of aryl methyl sites for hydroxylation is 1. The molecule has 1 aliphatic heterocycles. The van der Waals surface area contributed by atoms with Gasteiger partial charge in [0.25, 0.3) is 0 Å². The van der Waals surface area contributed by atoms with Gasteiger partial charge in [0.15, 0.2) is 0 Å². The Morgan fingerprint density at radius 2 is 0.709 bits per heavy atom. The molecule has 0 N–H and O–H groups in total. The molecule has 0 saturated carbocycles. The first kappa shape index (κ1) is 77.3. The molecule has 28 rings (SSSR count). The van der Waals surface area contributed by atoms with Crippen LogP contribution in [0.4, 0.5) is 34.4 Å². The summed E-state index contributed by atoms with van der Waals surface area (Å²) in [5.74, 6) is 1.46. The molecule has 9 heteroatoms. The van der Waals surface area contributed by atoms with E-state index in [1.54, 1.807) is 0 Å². The number of hydrogen-bond acceptors (Lipinski definition) is 9. The van der Waals surface area contributed by atoms with E-state index in [1.807, 2.05) is 24.8 Å². The van der Waals surface area contributed by atoms with Crippen LogP contribution < -0.4 is 14.5 Å². The maximum Gasteiger partial charge on any atom is 0.234 e. The highest BCUT2D eigenvalue weighted by atomic mass is 16.5. The molecule has 0 atom stereocenters. The molecule has 0 amide bonds. The van der Waals surface area contributed by atoms with Crippen LogP contribution in [0.15, 0.2) is 329 Å². The lowest BCUT2D eigenvalue weighted by Gasteiger charge is -2.32. The summed E-state index contributed by atoms with van der Waals surface area (Å²) in [6.07, 6.45) is 7.91. The Morgan fingerprint density at radius 1 is 0.269 bits per heavy atom. The fourth-order valence-corrected chi connectivity index (χ4v) is 25.9. The molecule has 9 nitrogen and oxygen atoms in total. The van der Waals surface area contributed by atoms with Crippen molar-refractivity contribution in [3.8, 4) is 117 Å². The summed E-state index contributed by atoms with van der Waals surface area (Å²) in [6.45, 7) is 31.7. The predicted molar refractivity (Wildman–Crippen MR) is 547 cm³/mol. The molecule has 0 bridgehead atoms. The second kappa shape index (κ2) is 26.5. The Morgan fingerprint density at radius 3 is 1.28 bits per heavy atom. The van der Waals surface area contributed by atoms with Crippen LogP contribution in [0.5, 0.6) is 5.75 Å². The summed E-state index contributed by atoms with van der Waals surface area (Å²) in [5.41, 5.74) is 48.8. The highest BCUT2D eigenvalue weighted by Gasteiger charge is 2.53. The van der Waals surface area contributed by atoms with E-state index in [0.717, 1.165) is 128 Å². The van der Waals surface area contributed by atoms with E-state index in [9.17, 15) is 0 Å². The minimum absolute atomic E-state index is 0.287. The lowest BCUT2D eigenvalue weighted by atomic mass is 9.72. The number of aromatic nitrogens is 3. The molecule has 0 spiro atoms. The first-order valence-electron chi connectivity index (χ1n) is 47.2. The van der Waals surface area contributed by atoms with Crippen molar-refractivity contribution in [3.05, 3.63) is 394 Å². The van der Waals surface area contributed by atoms with Crippen molar-refractivity contribution in [3.63, 3.8) is 0 Å². The molecule has 134 heavy (non-hydrogen) atoms. The third-order valence-corrected chi connectivity index (χ3v) is 32.3. The standard InChI is InChI=1S/C125H93N5O4/c1-67-44-46-69(47-45-67)89-62-97-101(82-52-48-72(57-92(82)120(97,2)3)129(76-32-28-56-126-65-76)73-49-54-83-94(58-73)124(10,11)110-102(83)105-85-36-21-25-42-98(85)132-117(105)108-79-34-19-23-40-90(79)122(6,7)112(108)110)107-87-39-27-38-78(114(87)134-116(89)107)71-63-127-119(128-64-71)130(74-50-53-81-93(59-74)121(4,5)96-61-88(68-29-15-14-16-30-68)115-104(100(81)96)77-33-18-17-31-70(77)66-131-115)75-51-55-84-95(60-75)125(12,13)111-103(84)106-86-37-22-26-43-99(86)133-118(106)109-80-35-20-24-41-91(80)123(8,9)113(109)111/h14-65H,66H2,1-13H3. The van der Waals surface area contributed by atoms with Crippen molar-refractivity contribution in [1.29, 1.82) is 0 Å². The maximum absolute atomic E-state index is 7.69. The molecule has 6 heterocycles. The zero-order valence-electron chi connectivity index (χ0n) is 77.1. The number of para-hydroxylation sites is 3. The molecule has 7 aliphatic rings. The predicted octanol–water partition coefficient (Wildman–Crippen LogP) is 33.2. The Bertz CT molecular complexity index is 8880. The lowest BCUT2D eigenvalue weighted by Crippen LogP contribution is -2.24. The van der Waals surface area contributed by atoms with Crippen LogP contribution in [-0.2, 0) is 39.1 Å². The second-order valence-electron chi connectivity index (χ2n) is 41.6. The van der Waals surface area contributed by atoms with E-state index in [4.69, 9.17) is 32.9 Å². The third kappa shape index (κ3) is 10.00. The van der Waals surface area contributed by atoms with Crippen LogP contribution in [0.2, 0.25) is 0 Å². The molecule has 5 aromatic heterocycles. The Kier molecular flexibility index (Phi) is 15.3. The van der Waals surface area contributed by atoms with Crippen molar-refractivity contribution in [1.82, 2.24) is 15.0 Å². The van der Waals surface area contributed by atoms with Crippen LogP contribution in [0.1, 0.15) is 161 Å². The highest BCUT2D eigenvalue weighted by Crippen LogP contribution is 2.69. The van der Waals surface area contributed by atoms with Crippen molar-refractivity contribution in [2.24, 2.45) is 0 Å². The minimum atomic E-state index is -0.481. The largest absolute Gasteiger partial charge is 0.488 e. The monoisotopic (exact) mass is 1730 g/mol. The first-order valence-corrected chi connectivity index (χ1v) is 47.2. The van der Waals surface area contributed by atoms with E-state index >= 15 is 0 Å². The van der Waals surface area contributed by atoms with Crippen molar-refractivity contribution in [2.75, 3.05) is 9.80 Å². The summed E-state index contributed by atoms with van der Waals surface area (Å²) in [6, 6.07) is 108. The van der Waals surface area contributed by atoms with Gasteiger partial charge < -0.3 is 22.9 Å². The molecule has 0 unspecified atom stereocenters. The van der Waals surface area contributed by atoms with Gasteiger partial charge in [-0.05, 0) is 237 Å². The van der Waals surface area contributed by atoms with E-state index in [-0.39, 0.29) is 10.8 Å². The number of pyridine rings is 1. The van der Waals surface area contributed by atoms with Crippen LogP contribution in [-0.4, -0.2) is 15.0 Å². The Labute approximate surface area is 777 Å². The fourth-order valence-electron chi connectivity index (χ4n) is 25.9. The van der Waals surface area contributed by atoms with Gasteiger partial charge in [-0.15, -0.1) is 0 Å². The first-order chi connectivity index (χ1) is 64.9. The smallest absolute Gasteiger partial charge is 0.234 e. The Hall–Kier alpha value is -15.5. The summed E-state index contributed by atoms with van der Waals surface area (Å²) < 4.78 is 28.9. The number of anilines is 6. The van der Waals surface area contributed by atoms with E-state index in [2.05, 4.69) is 391 Å². The van der Waals surface area contributed by atoms with Gasteiger partial charge in [-0.1, -0.05) is 295 Å². The average Bonchev–Trinajstić information content (AvgIpc) is 1.50. The number of ether oxygens (including phenoxy) is 1. The molecule has 0 fully saturated rings. The maximum atomic E-state index is 7.69. The van der Waals surface area contributed by atoms with Gasteiger partial charge in [0, 0.05) is 145 Å². The van der Waals surface area contributed by atoms with Crippen molar-refractivity contribution in [2.45, 2.75) is 129 Å². The van der Waals surface area contributed by atoms with E-state index in [1.165, 1.54) is 161 Å². The zero-order valence-corrected chi connectivity index (χ0v) is 77.1. The summed E-state index contributed by atoms with van der Waals surface area (Å²) in [4.78, 5) is 20.9. The number of fused-ring (bicyclic) bond motifs is 38. The van der Waals surface area contributed by atoms with Crippen LogP contribution in [0, 0.1) is 6.92 Å². The SMILES string of the molecule is Cc1ccc(-c2cc3c(c4c2oc2c(-c5cnc(N(c6ccc7c(c6)C(C)(C)c6cc(-c8ccccc8)c8c(c6-7)-c6ccccc6CO8)c6ccc7c(c6)C(C)(C)c6c8c(c9oc%10ccccc%10c9c6-7)-c6ccccc6C8(C)C)nc5)cccc24)-c2ccc(N(c4cccnc4)c4ccc5c(c4)C(C)(C)c4c6c(c7oc8ccccc8c7c4-5)-c4ccccc4C6(C)C)cc2C3(C)C)cc1. The molecule has 0 radical (unpaired) electrons. The summed E-state index contributed by atoms with van der Waals surface area (Å²) in [7, 11) is 0. The van der Waals surface area contributed by atoms with Gasteiger partial charge >= 0.3 is 0 Å². The van der Waals surface area contributed by atoms with Gasteiger partial charge in [-0.2, -0.15) is 0 Å². The fraction of sp³-hybridized carbons (Fsp3) is 0.160. The number of nitrogens with zero attached hydrogens (tertiary/aromatic N) is 5. The molecule has 0 saturated heterocycles.